The first-order valence-electron chi connectivity index (χ1n) is 14.1. The van der Waals surface area contributed by atoms with E-state index in [2.05, 4.69) is 5.32 Å². The second-order valence-corrected chi connectivity index (χ2v) is 14.1. The third-order valence-electron chi connectivity index (χ3n) is 7.33. The Morgan fingerprint density at radius 2 is 1.63 bits per heavy atom. The van der Waals surface area contributed by atoms with Crippen molar-refractivity contribution in [2.75, 3.05) is 19.6 Å². The van der Waals surface area contributed by atoms with E-state index in [0.29, 0.717) is 19.5 Å². The molecule has 226 valence electrons. The zero-order chi connectivity index (χ0) is 30.5. The van der Waals surface area contributed by atoms with Crippen molar-refractivity contribution in [3.05, 3.63) is 70.3 Å². The molecule has 11 heteroatoms. The highest BCUT2D eigenvalue weighted by Gasteiger charge is 2.43. The van der Waals surface area contributed by atoms with E-state index in [1.807, 2.05) is 65.0 Å². The van der Waals surface area contributed by atoms with Gasteiger partial charge in [0.1, 0.15) is 5.60 Å². The molecule has 1 saturated heterocycles. The Bertz CT molecular complexity index is 1290. The smallest absolute Gasteiger partial charge is 0.410 e. The molecule has 1 aliphatic rings. The second-order valence-electron chi connectivity index (χ2n) is 12.2. The molecular formula is C30H44N4O6S. The molecule has 1 aliphatic heterocycles. The summed E-state index contributed by atoms with van der Waals surface area (Å²) >= 11 is 0. The number of para-hydroxylation sites is 1. The first-order valence-corrected chi connectivity index (χ1v) is 15.6. The summed E-state index contributed by atoms with van der Waals surface area (Å²) in [6.45, 7) is 14.2. The molecule has 0 spiro atoms. The number of nitrogens with one attached hydrogen (secondary N) is 1. The largest absolute Gasteiger partial charge is 0.444 e. The van der Waals surface area contributed by atoms with Crippen LogP contribution in [0, 0.1) is 22.0 Å². The lowest BCUT2D eigenvalue weighted by Gasteiger charge is -2.41. The van der Waals surface area contributed by atoms with E-state index < -0.39 is 38.4 Å². The summed E-state index contributed by atoms with van der Waals surface area (Å²) in [5, 5.41) is 15.1. The van der Waals surface area contributed by atoms with Crippen LogP contribution >= 0.6 is 0 Å². The first-order chi connectivity index (χ1) is 19.1. The Hall–Kier alpha value is -3.02. The third-order valence-corrected chi connectivity index (χ3v) is 9.42. The number of hydrogen-bond donors (Lipinski definition) is 1. The van der Waals surface area contributed by atoms with E-state index in [0.717, 1.165) is 5.56 Å². The summed E-state index contributed by atoms with van der Waals surface area (Å²) in [7, 11) is -4.19. The fourth-order valence-corrected chi connectivity index (χ4v) is 7.38. The summed E-state index contributed by atoms with van der Waals surface area (Å²) in [5.41, 5.74) is -0.0652. The molecule has 1 amide bonds. The highest BCUT2D eigenvalue weighted by atomic mass is 32.2. The molecule has 0 aliphatic carbocycles. The molecule has 41 heavy (non-hydrogen) atoms. The van der Waals surface area contributed by atoms with Crippen molar-refractivity contribution in [3.63, 3.8) is 0 Å². The van der Waals surface area contributed by atoms with E-state index in [1.54, 1.807) is 18.7 Å². The zero-order valence-corrected chi connectivity index (χ0v) is 25.9. The molecule has 0 bridgehead atoms. The Morgan fingerprint density at radius 3 is 2.20 bits per heavy atom. The predicted molar refractivity (Wildman–Crippen MR) is 159 cm³/mol. The summed E-state index contributed by atoms with van der Waals surface area (Å²) < 4.78 is 34.9. The minimum absolute atomic E-state index is 0.104. The van der Waals surface area contributed by atoms with Gasteiger partial charge in [0.25, 0.3) is 5.69 Å². The second kappa shape index (κ2) is 13.3. The lowest BCUT2D eigenvalue weighted by atomic mass is 9.84. The molecule has 10 nitrogen and oxygen atoms in total. The first kappa shape index (κ1) is 32.5. The fourth-order valence-electron chi connectivity index (χ4n) is 5.53. The van der Waals surface area contributed by atoms with E-state index in [9.17, 15) is 23.3 Å². The van der Waals surface area contributed by atoms with Crippen LogP contribution in [0.1, 0.15) is 54.0 Å². The van der Waals surface area contributed by atoms with Gasteiger partial charge in [0.15, 0.2) is 4.90 Å². The number of carbonyl (C=O) groups is 1. The van der Waals surface area contributed by atoms with Crippen LogP contribution in [0.3, 0.4) is 0 Å². The molecule has 1 fully saturated rings. The van der Waals surface area contributed by atoms with Gasteiger partial charge >= 0.3 is 6.09 Å². The van der Waals surface area contributed by atoms with Gasteiger partial charge in [0.05, 0.1) is 4.92 Å². The number of amides is 1. The summed E-state index contributed by atoms with van der Waals surface area (Å²) in [6, 6.07) is 14.5. The zero-order valence-electron chi connectivity index (χ0n) is 25.1. The molecule has 1 unspecified atom stereocenters. The van der Waals surface area contributed by atoms with Gasteiger partial charge in [-0.25, -0.2) is 13.2 Å². The highest BCUT2D eigenvalue weighted by molar-refractivity contribution is 7.89. The van der Waals surface area contributed by atoms with Gasteiger partial charge in [-0.15, -0.1) is 0 Å². The number of benzene rings is 2. The maximum Gasteiger partial charge on any atom is 0.410 e. The number of nitrogens with zero attached hydrogens (tertiary/aromatic N) is 3. The van der Waals surface area contributed by atoms with Crippen molar-refractivity contribution < 1.29 is 22.9 Å². The van der Waals surface area contributed by atoms with Gasteiger partial charge in [0.2, 0.25) is 10.0 Å². The number of hydrogen-bond acceptors (Lipinski definition) is 7. The Morgan fingerprint density at radius 1 is 1.02 bits per heavy atom. The lowest BCUT2D eigenvalue weighted by molar-refractivity contribution is -0.387. The number of rotatable bonds is 11. The third kappa shape index (κ3) is 8.05. The molecule has 3 atom stereocenters. The number of nitro groups is 1. The molecule has 2 aromatic rings. The summed E-state index contributed by atoms with van der Waals surface area (Å²) in [5.74, 6) is -0.264. The molecule has 1 N–H and O–H groups in total. The minimum Gasteiger partial charge on any atom is -0.444 e. The molecule has 0 radical (unpaired) electrons. The Kier molecular flexibility index (Phi) is 10.5. The van der Waals surface area contributed by atoms with Gasteiger partial charge in [-0.2, -0.15) is 4.31 Å². The maximum absolute atomic E-state index is 13.9. The number of sulfonamides is 1. The molecule has 1 heterocycles. The van der Waals surface area contributed by atoms with E-state index in [1.165, 1.54) is 28.6 Å². The van der Waals surface area contributed by atoms with Crippen LogP contribution in [0.15, 0.2) is 59.5 Å². The standard InChI is InChI=1S/C30H44N4O6S/c1-21(2)32(41(38,39)28-16-12-11-15-26(28)34(36)37)20-24-18-31-19-25(24)27(17-23-13-9-8-10-14-23)33(22(3)4)29(35)40-30(5,6)7/h8-16,21-22,24-25,27,31H,17-20H2,1-7H3/t24-,25-,27?/m1/s1. The number of ether oxygens (including phenoxy) is 1. The Balaban J connectivity index is 2.02. The normalized spacial score (nSPS) is 18.6. The minimum atomic E-state index is -4.19. The maximum atomic E-state index is 13.9. The van der Waals surface area contributed by atoms with Crippen molar-refractivity contribution in [1.82, 2.24) is 14.5 Å². The van der Waals surface area contributed by atoms with Gasteiger partial charge in [-0.05, 0) is 84.9 Å². The lowest BCUT2D eigenvalue weighted by Crippen LogP contribution is -2.54. The van der Waals surface area contributed by atoms with Crippen molar-refractivity contribution in [2.24, 2.45) is 11.8 Å². The molecular weight excluding hydrogens is 544 g/mol. The molecule has 2 aromatic carbocycles. The fraction of sp³-hybridized carbons (Fsp3) is 0.567. The Labute approximate surface area is 244 Å². The van der Waals surface area contributed by atoms with Crippen molar-refractivity contribution in [1.29, 1.82) is 0 Å². The van der Waals surface area contributed by atoms with E-state index in [4.69, 9.17) is 4.74 Å². The van der Waals surface area contributed by atoms with E-state index >= 15 is 0 Å². The van der Waals surface area contributed by atoms with Crippen LogP contribution in [-0.4, -0.2) is 72.0 Å². The number of nitro benzene ring substituents is 1. The predicted octanol–water partition coefficient (Wildman–Crippen LogP) is 5.09. The van der Waals surface area contributed by atoms with E-state index in [-0.39, 0.29) is 35.4 Å². The van der Waals surface area contributed by atoms with Crippen LogP contribution in [0.5, 0.6) is 0 Å². The number of carbonyl (C=O) groups excluding carboxylic acids is 1. The van der Waals surface area contributed by atoms with Crippen molar-refractivity contribution in [3.8, 4) is 0 Å². The summed E-state index contributed by atoms with van der Waals surface area (Å²) in [4.78, 5) is 26.1. The van der Waals surface area contributed by atoms with Gasteiger partial charge in [-0.1, -0.05) is 42.5 Å². The summed E-state index contributed by atoms with van der Waals surface area (Å²) in [6.07, 6.45) is 0.159. The van der Waals surface area contributed by atoms with Crippen LogP contribution in [0.25, 0.3) is 0 Å². The topological polar surface area (TPSA) is 122 Å². The molecule has 3 rings (SSSR count). The van der Waals surface area contributed by atoms with Gasteiger partial charge < -0.3 is 15.0 Å². The average Bonchev–Trinajstić information content (AvgIpc) is 3.34. The molecule has 0 aromatic heterocycles. The van der Waals surface area contributed by atoms with Gasteiger partial charge in [0, 0.05) is 37.3 Å². The van der Waals surface area contributed by atoms with Crippen LogP contribution in [0.4, 0.5) is 10.5 Å². The van der Waals surface area contributed by atoms with Crippen molar-refractivity contribution in [2.45, 2.75) is 83.5 Å². The monoisotopic (exact) mass is 588 g/mol. The quantitative estimate of drug-likeness (QED) is 0.287. The van der Waals surface area contributed by atoms with Crippen LogP contribution in [0.2, 0.25) is 0 Å². The highest BCUT2D eigenvalue weighted by Crippen LogP contribution is 2.33. The molecule has 0 saturated carbocycles. The average molecular weight is 589 g/mol. The van der Waals surface area contributed by atoms with Crippen LogP contribution < -0.4 is 5.32 Å². The van der Waals surface area contributed by atoms with Crippen LogP contribution in [-0.2, 0) is 21.2 Å². The van der Waals surface area contributed by atoms with Crippen molar-refractivity contribution >= 4 is 21.8 Å². The van der Waals surface area contributed by atoms with Gasteiger partial charge in [-0.3, -0.25) is 10.1 Å². The SMILES string of the molecule is CC(C)N(C(=O)OC(C)(C)C)C(Cc1ccccc1)[C@@H]1CNC[C@@H]1CN(C(C)C)S(=O)(=O)c1ccccc1[N+](=O)[O-].